The Morgan fingerprint density at radius 3 is 2.31 bits per heavy atom. The van der Waals surface area contributed by atoms with Crippen molar-refractivity contribution in [3.05, 3.63) is 109 Å². The quantitative estimate of drug-likeness (QED) is 0.188. The van der Waals surface area contributed by atoms with Gasteiger partial charge >= 0.3 is 4.87 Å². The average molecular weight is 603 g/mol. The van der Waals surface area contributed by atoms with Crippen LogP contribution in [-0.4, -0.2) is 39.6 Å². The number of imide groups is 1. The van der Waals surface area contributed by atoms with Crippen molar-refractivity contribution in [3.63, 3.8) is 0 Å². The number of aromatic nitrogens is 1. The molecule has 4 aromatic rings. The van der Waals surface area contributed by atoms with Gasteiger partial charge in [0.1, 0.15) is 17.5 Å². The number of nitro groups is 1. The number of non-ortho nitro benzene ring substituents is 1. The number of carbonyl (C=O) groups is 3. The first kappa shape index (κ1) is 27.4. The van der Waals surface area contributed by atoms with Gasteiger partial charge in [-0.3, -0.25) is 33.9 Å². The van der Waals surface area contributed by atoms with Gasteiger partial charge in [0.15, 0.2) is 0 Å². The summed E-state index contributed by atoms with van der Waals surface area (Å²) in [6.07, 6.45) is 0. The predicted molar refractivity (Wildman–Crippen MR) is 157 cm³/mol. The zero-order valence-corrected chi connectivity index (χ0v) is 23.6. The Kier molecular flexibility index (Phi) is 7.12. The zero-order chi connectivity index (χ0) is 29.5. The fraction of sp³-hybridized carbons (Fsp3) is 0.172. The number of rotatable bonds is 7. The number of nitrogens with one attached hydrogen (secondary N) is 1. The van der Waals surface area contributed by atoms with Gasteiger partial charge in [-0.15, -0.1) is 0 Å². The molecule has 0 radical (unpaired) electrons. The molecule has 2 aliphatic rings. The molecule has 0 bridgehead atoms. The normalized spacial score (nSPS) is 19.3. The molecule has 3 amide bonds. The van der Waals surface area contributed by atoms with Crippen LogP contribution in [0, 0.1) is 16.0 Å². The van der Waals surface area contributed by atoms with Crippen LogP contribution in [0.5, 0.6) is 5.75 Å². The Hall–Kier alpha value is -4.75. The molecule has 13 heteroatoms. The third kappa shape index (κ3) is 4.76. The first-order valence-electron chi connectivity index (χ1n) is 12.8. The number of thioether (sulfide) groups is 1. The Morgan fingerprint density at radius 1 is 0.976 bits per heavy atom. The van der Waals surface area contributed by atoms with Crippen LogP contribution in [0.1, 0.15) is 16.4 Å². The van der Waals surface area contributed by atoms with Crippen molar-refractivity contribution < 1.29 is 24.0 Å². The molecule has 2 aliphatic heterocycles. The molecule has 0 aliphatic carbocycles. The number of hydrogen-bond acceptors (Lipinski definition) is 9. The van der Waals surface area contributed by atoms with Crippen molar-refractivity contribution in [3.8, 4) is 5.75 Å². The highest BCUT2D eigenvalue weighted by molar-refractivity contribution is 8.00. The molecular weight excluding hydrogens is 580 g/mol. The second kappa shape index (κ2) is 10.9. The van der Waals surface area contributed by atoms with Crippen molar-refractivity contribution in [2.75, 3.05) is 17.3 Å². The van der Waals surface area contributed by atoms with E-state index in [2.05, 4.69) is 5.32 Å². The standard InChI is InChI=1S/C29H22N4O7S2/c1-40-20-13-7-16(8-14-20)22-23-24(27(36)32(26(23)35)18-9-11-19(12-10-18)33(38)39)41-28-25(22)42-29(37)31(28)15-21(34)30-17-5-3-2-4-6-17/h2-14,22-24H,15H2,1H3,(H,30,34)/t22-,23?,24?/m1/s1. The summed E-state index contributed by atoms with van der Waals surface area (Å²) in [7, 11) is 1.54. The SMILES string of the molecule is COc1ccc([C@H]2c3sc(=O)n(CC(=O)Nc4ccccc4)c3SC3C(=O)N(c4ccc([N+](=O)[O-])cc4)C(=O)C32)cc1. The fourth-order valence-electron chi connectivity index (χ4n) is 5.27. The lowest BCUT2D eigenvalue weighted by Gasteiger charge is -2.30. The van der Waals surface area contributed by atoms with Gasteiger partial charge in [-0.05, 0) is 42.0 Å². The van der Waals surface area contributed by atoms with E-state index in [1.54, 1.807) is 48.5 Å². The van der Waals surface area contributed by atoms with Crippen molar-refractivity contribution in [1.29, 1.82) is 0 Å². The Balaban J connectivity index is 1.41. The highest BCUT2D eigenvalue weighted by atomic mass is 32.2. The summed E-state index contributed by atoms with van der Waals surface area (Å²) in [6, 6.07) is 21.2. The number of ether oxygens (including phenoxy) is 1. The number of amides is 3. The summed E-state index contributed by atoms with van der Waals surface area (Å²) in [5.41, 5.74) is 1.35. The third-order valence-corrected chi connectivity index (χ3v) is 9.81. The molecule has 3 aromatic carbocycles. The van der Waals surface area contributed by atoms with Crippen LogP contribution in [-0.2, 0) is 20.9 Å². The van der Waals surface area contributed by atoms with Crippen LogP contribution < -0.4 is 19.8 Å². The van der Waals surface area contributed by atoms with Gasteiger partial charge in [0.2, 0.25) is 17.7 Å². The molecule has 0 spiro atoms. The minimum absolute atomic E-state index is 0.166. The topological polar surface area (TPSA) is 141 Å². The second-order valence-electron chi connectivity index (χ2n) is 9.64. The number of anilines is 2. The van der Waals surface area contributed by atoms with E-state index in [9.17, 15) is 29.3 Å². The van der Waals surface area contributed by atoms with E-state index in [0.717, 1.165) is 28.0 Å². The van der Waals surface area contributed by atoms with Gasteiger partial charge in [-0.2, -0.15) is 0 Å². The van der Waals surface area contributed by atoms with Gasteiger partial charge in [-0.25, -0.2) is 4.90 Å². The maximum atomic E-state index is 13.9. The van der Waals surface area contributed by atoms with E-state index < -0.39 is 39.7 Å². The Bertz CT molecular complexity index is 1770. The van der Waals surface area contributed by atoms with Gasteiger partial charge in [0.05, 0.1) is 28.7 Å². The largest absolute Gasteiger partial charge is 0.497 e. The van der Waals surface area contributed by atoms with Crippen LogP contribution in [0.4, 0.5) is 17.1 Å². The molecule has 3 heterocycles. The molecule has 1 aromatic heterocycles. The van der Waals surface area contributed by atoms with Gasteiger partial charge in [0, 0.05) is 28.6 Å². The van der Waals surface area contributed by atoms with Crippen molar-refractivity contribution in [2.45, 2.75) is 22.7 Å². The number of nitrogens with zero attached hydrogens (tertiary/aromatic N) is 3. The molecule has 1 saturated heterocycles. The number of nitro benzene ring substituents is 1. The summed E-state index contributed by atoms with van der Waals surface area (Å²) in [5.74, 6) is -2.26. The lowest BCUT2D eigenvalue weighted by Crippen LogP contribution is -2.33. The molecule has 42 heavy (non-hydrogen) atoms. The number of thiazole rings is 1. The van der Waals surface area contributed by atoms with E-state index in [1.807, 2.05) is 6.07 Å². The zero-order valence-electron chi connectivity index (χ0n) is 22.0. The number of fused-ring (bicyclic) bond motifs is 2. The minimum atomic E-state index is -0.885. The monoisotopic (exact) mass is 602 g/mol. The number of carbonyl (C=O) groups excluding carboxylic acids is 3. The van der Waals surface area contributed by atoms with Crippen molar-refractivity contribution >= 4 is 57.9 Å². The number of methoxy groups -OCH3 is 1. The molecule has 2 unspecified atom stereocenters. The average Bonchev–Trinajstić information content (AvgIpc) is 3.43. The molecular formula is C29H22N4O7S2. The van der Waals surface area contributed by atoms with Crippen LogP contribution in [0.25, 0.3) is 0 Å². The van der Waals surface area contributed by atoms with Crippen LogP contribution >= 0.6 is 23.1 Å². The summed E-state index contributed by atoms with van der Waals surface area (Å²) < 4.78 is 6.64. The van der Waals surface area contributed by atoms with Gasteiger partial charge in [-0.1, -0.05) is 53.4 Å². The maximum Gasteiger partial charge on any atom is 0.308 e. The van der Waals surface area contributed by atoms with Crippen LogP contribution in [0.3, 0.4) is 0 Å². The van der Waals surface area contributed by atoms with Crippen LogP contribution in [0.2, 0.25) is 0 Å². The van der Waals surface area contributed by atoms with Crippen LogP contribution in [0.15, 0.2) is 88.7 Å². The van der Waals surface area contributed by atoms with E-state index in [0.29, 0.717) is 26.9 Å². The highest BCUT2D eigenvalue weighted by Crippen LogP contribution is 2.54. The second-order valence-corrected chi connectivity index (χ2v) is 11.8. The van der Waals surface area contributed by atoms with Gasteiger partial charge in [0.25, 0.3) is 5.69 Å². The third-order valence-electron chi connectivity index (χ3n) is 7.20. The molecule has 212 valence electrons. The summed E-state index contributed by atoms with van der Waals surface area (Å²) in [4.78, 5) is 65.8. The maximum absolute atomic E-state index is 13.9. The minimum Gasteiger partial charge on any atom is -0.497 e. The predicted octanol–water partition coefficient (Wildman–Crippen LogP) is 4.26. The van der Waals surface area contributed by atoms with E-state index in [-0.39, 0.29) is 22.8 Å². The van der Waals surface area contributed by atoms with Crippen molar-refractivity contribution in [2.24, 2.45) is 5.92 Å². The van der Waals surface area contributed by atoms with E-state index >= 15 is 0 Å². The lowest BCUT2D eigenvalue weighted by atomic mass is 9.83. The summed E-state index contributed by atoms with van der Waals surface area (Å²) in [5, 5.41) is 13.5. The first-order valence-corrected chi connectivity index (χ1v) is 14.5. The molecule has 1 fully saturated rings. The lowest BCUT2D eigenvalue weighted by molar-refractivity contribution is -0.384. The summed E-state index contributed by atoms with van der Waals surface area (Å²) >= 11 is 2.05. The number of hydrogen-bond donors (Lipinski definition) is 1. The first-order chi connectivity index (χ1) is 20.3. The van der Waals surface area contributed by atoms with Crippen molar-refractivity contribution in [1.82, 2.24) is 4.57 Å². The van der Waals surface area contributed by atoms with E-state index in [4.69, 9.17) is 4.74 Å². The Morgan fingerprint density at radius 2 is 1.67 bits per heavy atom. The molecule has 0 saturated carbocycles. The molecule has 6 rings (SSSR count). The fourth-order valence-corrected chi connectivity index (χ4v) is 8.04. The highest BCUT2D eigenvalue weighted by Gasteiger charge is 2.56. The number of para-hydroxylation sites is 1. The molecule has 3 atom stereocenters. The smallest absolute Gasteiger partial charge is 0.308 e. The summed E-state index contributed by atoms with van der Waals surface area (Å²) in [6.45, 7) is -0.270. The van der Waals surface area contributed by atoms with Gasteiger partial charge < -0.3 is 10.1 Å². The molecule has 11 nitrogen and oxygen atoms in total. The molecule has 1 N–H and O–H groups in total. The Labute approximate surface area is 246 Å². The number of benzene rings is 3. The van der Waals surface area contributed by atoms with E-state index in [1.165, 1.54) is 35.9 Å².